The van der Waals surface area contributed by atoms with Crippen LogP contribution >= 0.6 is 0 Å². The second-order valence-corrected chi connectivity index (χ2v) is 33.4. The Labute approximate surface area is 710 Å². The second-order valence-electron chi connectivity index (χ2n) is 33.4. The molecule has 0 bridgehead atoms. The molecule has 642 valence electrons. The fourth-order valence-corrected chi connectivity index (χ4v) is 18.3. The van der Waals surface area contributed by atoms with Crippen molar-refractivity contribution in [1.82, 2.24) is 40.9 Å². The topological polar surface area (TPSA) is 322 Å². The fourth-order valence-electron chi connectivity index (χ4n) is 18.3. The maximum atomic E-state index is 16.6. The summed E-state index contributed by atoms with van der Waals surface area (Å²) in [6.45, 7) is 4.42. The van der Waals surface area contributed by atoms with Crippen molar-refractivity contribution in [3.63, 3.8) is 0 Å². The Hall–Kier alpha value is -11.7. The van der Waals surface area contributed by atoms with Crippen molar-refractivity contribution < 1.29 is 72.5 Å². The number of amides is 8. The molecule has 3 fully saturated rings. The standard InChI is InChI=1S/C96H118N10O15/c1-11-71(62-31-17-12-18-32-62)81(87(109)99-50-27-49-97-85(107)67-41-45-69(46-42-67)103(7)8)78(93(115)116)60-75(66-39-25-16-26-40-66)84-77(89(111)105(91(84)113)55-29-52-98-86(108)68-43-47-70(48-44-68)104(9)10)58-74(65-37-23-15-24-38-65)83-76(90(112)106(92(83)114)56-30-54-102(5)6)57-73(64-35-21-14-22-36-64)82(88(110)100-51-28-53-101(3)4)79(94(117)118)59-72(63-33-19-13-20-34-63)80-61(2)95(119)121-96(80)120/h12-26,31-48,61,71-84H,11,27-30,49-60H2,1-10H3,(H,97,107)(H,98,108)(H,99,109)(H,100,110)(H,115,116)(H,117,118). The Morgan fingerprint density at radius 3 is 1.16 bits per heavy atom. The molecule has 3 saturated heterocycles. The molecule has 0 aliphatic carbocycles. The number of carboxylic acids is 2. The molecule has 10 rings (SSSR count). The van der Waals surface area contributed by atoms with E-state index in [0.29, 0.717) is 64.9 Å². The summed E-state index contributed by atoms with van der Waals surface area (Å²) >= 11 is 0. The number of nitrogens with one attached hydrogen (secondary N) is 4. The lowest BCUT2D eigenvalue weighted by molar-refractivity contribution is -0.155. The molecule has 0 saturated carbocycles. The van der Waals surface area contributed by atoms with Gasteiger partial charge in [0.1, 0.15) is 0 Å². The molecule has 121 heavy (non-hydrogen) atoms. The number of aliphatic carboxylic acids is 2. The third-order valence-electron chi connectivity index (χ3n) is 24.5. The zero-order chi connectivity index (χ0) is 87.1. The summed E-state index contributed by atoms with van der Waals surface area (Å²) in [7, 11) is 15.0. The third-order valence-corrected chi connectivity index (χ3v) is 24.5. The van der Waals surface area contributed by atoms with Gasteiger partial charge in [-0.15, -0.1) is 0 Å². The van der Waals surface area contributed by atoms with Gasteiger partial charge in [-0.2, -0.15) is 0 Å². The summed E-state index contributed by atoms with van der Waals surface area (Å²) in [5.74, 6) is -28.1. The van der Waals surface area contributed by atoms with Crippen LogP contribution in [0, 0.1) is 59.2 Å². The highest BCUT2D eigenvalue weighted by Gasteiger charge is 2.59. The molecule has 0 aromatic heterocycles. The molecule has 15 unspecified atom stereocenters. The Kier molecular flexibility index (Phi) is 32.9. The normalized spacial score (nSPS) is 19.5. The number of carboxylic acid groups (broad SMARTS) is 2. The minimum atomic E-state index is -1.66. The molecule has 25 heteroatoms. The van der Waals surface area contributed by atoms with E-state index in [-0.39, 0.29) is 90.1 Å². The molecular weight excluding hydrogens is 1530 g/mol. The van der Waals surface area contributed by atoms with E-state index in [9.17, 15) is 39.0 Å². The molecule has 0 spiro atoms. The van der Waals surface area contributed by atoms with Gasteiger partial charge in [0, 0.05) is 90.0 Å². The van der Waals surface area contributed by atoms with Crippen molar-refractivity contribution in [2.24, 2.45) is 59.2 Å². The van der Waals surface area contributed by atoms with Gasteiger partial charge in [0.15, 0.2) is 0 Å². The van der Waals surface area contributed by atoms with Crippen LogP contribution < -0.4 is 31.1 Å². The molecule has 3 heterocycles. The minimum absolute atomic E-state index is 0.00562. The van der Waals surface area contributed by atoms with Gasteiger partial charge in [-0.05, 0) is 205 Å². The van der Waals surface area contributed by atoms with E-state index in [1.807, 2.05) is 138 Å². The highest BCUT2D eigenvalue weighted by Crippen LogP contribution is 2.54. The number of anilines is 2. The summed E-state index contributed by atoms with van der Waals surface area (Å²) in [5.41, 5.74) is 5.20. The van der Waals surface area contributed by atoms with E-state index >= 15 is 28.8 Å². The van der Waals surface area contributed by atoms with Gasteiger partial charge in [0.2, 0.25) is 35.4 Å². The molecule has 6 N–H and O–H groups in total. The molecule has 25 nitrogen and oxygen atoms in total. The summed E-state index contributed by atoms with van der Waals surface area (Å²) in [6.07, 6.45) is -0.0198. The average Bonchev–Trinajstić information content (AvgIpc) is 1.60. The number of benzene rings is 7. The van der Waals surface area contributed by atoms with Crippen LogP contribution in [0.15, 0.2) is 200 Å². The maximum Gasteiger partial charge on any atom is 0.318 e. The lowest BCUT2D eigenvalue weighted by Crippen LogP contribution is -2.44. The highest BCUT2D eigenvalue weighted by atomic mass is 16.6. The second kappa shape index (κ2) is 43.5. The minimum Gasteiger partial charge on any atom is -0.481 e. The first-order chi connectivity index (χ1) is 58.1. The number of imide groups is 2. The van der Waals surface area contributed by atoms with Crippen LogP contribution in [0.5, 0.6) is 0 Å². The van der Waals surface area contributed by atoms with Gasteiger partial charge in [0.05, 0.1) is 59.2 Å². The van der Waals surface area contributed by atoms with Crippen molar-refractivity contribution in [1.29, 1.82) is 0 Å². The summed E-state index contributed by atoms with van der Waals surface area (Å²) < 4.78 is 5.25. The van der Waals surface area contributed by atoms with E-state index in [0.717, 1.165) is 16.3 Å². The van der Waals surface area contributed by atoms with Gasteiger partial charge >= 0.3 is 23.9 Å². The van der Waals surface area contributed by atoms with Crippen LogP contribution in [0.1, 0.15) is 150 Å². The molecule has 15 atom stereocenters. The van der Waals surface area contributed by atoms with Gasteiger partial charge in [-0.1, -0.05) is 166 Å². The van der Waals surface area contributed by atoms with E-state index in [2.05, 4.69) is 21.3 Å². The van der Waals surface area contributed by atoms with E-state index in [1.54, 1.807) is 153 Å². The number of cyclic esters (lactones) is 2. The van der Waals surface area contributed by atoms with Gasteiger partial charge < -0.3 is 55.8 Å². The van der Waals surface area contributed by atoms with Crippen molar-refractivity contribution >= 4 is 82.5 Å². The van der Waals surface area contributed by atoms with Crippen molar-refractivity contribution in [2.45, 2.75) is 101 Å². The van der Waals surface area contributed by atoms with E-state index < -0.39 is 154 Å². The number of nitrogens with zero attached hydrogens (tertiary/aromatic N) is 6. The third kappa shape index (κ3) is 23.1. The number of carbonyl (C=O) groups excluding carboxylic acids is 10. The lowest BCUT2D eigenvalue weighted by atomic mass is 9.64. The number of hydrogen-bond donors (Lipinski definition) is 6. The van der Waals surface area contributed by atoms with Gasteiger partial charge in [0.25, 0.3) is 11.8 Å². The average molecular weight is 1650 g/mol. The molecule has 7 aromatic carbocycles. The summed E-state index contributed by atoms with van der Waals surface area (Å²) in [5, 5.41) is 36.1. The zero-order valence-corrected chi connectivity index (χ0v) is 71.1. The monoisotopic (exact) mass is 1650 g/mol. The largest absolute Gasteiger partial charge is 0.481 e. The highest BCUT2D eigenvalue weighted by molar-refractivity contribution is 6.07. The Morgan fingerprint density at radius 2 is 0.752 bits per heavy atom. The molecule has 3 aliphatic heterocycles. The van der Waals surface area contributed by atoms with Gasteiger partial charge in [-0.3, -0.25) is 67.3 Å². The molecular formula is C96H118N10O15. The Balaban J connectivity index is 1.10. The number of ether oxygens (including phenoxy) is 1. The number of rotatable bonds is 45. The number of likely N-dealkylation sites (tertiary alicyclic amines) is 2. The number of carbonyl (C=O) groups is 12. The zero-order valence-electron chi connectivity index (χ0n) is 71.1. The van der Waals surface area contributed by atoms with Crippen LogP contribution in [0.25, 0.3) is 0 Å². The summed E-state index contributed by atoms with van der Waals surface area (Å²) in [6, 6.07) is 58.3. The SMILES string of the molecule is CCC(c1ccccc1)C(C(=O)NCCCNC(=O)c1ccc(N(C)C)cc1)C(CC(c1ccccc1)C1C(=O)N(CCCNC(=O)c2ccc(N(C)C)cc2)C(=O)C1CC(c1ccccc1)C1C(=O)N(CCCN(C)C)C(=O)C1CC(c1ccccc1)C(C(=O)NCCCN(C)C)C(CC(c1ccccc1)C1C(=O)OC(=O)C1C)C(=O)O)C(=O)O. The quantitative estimate of drug-likeness (QED) is 0.00894. The number of esters is 2. The first-order valence-corrected chi connectivity index (χ1v) is 42.2. The first-order valence-electron chi connectivity index (χ1n) is 42.2. The molecule has 3 aliphatic rings. The van der Waals surface area contributed by atoms with E-state index in [4.69, 9.17) is 4.74 Å². The van der Waals surface area contributed by atoms with Crippen LogP contribution in [0.3, 0.4) is 0 Å². The van der Waals surface area contributed by atoms with Crippen molar-refractivity contribution in [2.75, 3.05) is 119 Å². The van der Waals surface area contributed by atoms with Crippen LogP contribution in [-0.2, 0) is 52.7 Å². The lowest BCUT2D eigenvalue weighted by Gasteiger charge is -2.37. The fraction of sp³-hybridized carbons (Fsp3) is 0.438. The van der Waals surface area contributed by atoms with Crippen LogP contribution in [0.4, 0.5) is 11.4 Å². The van der Waals surface area contributed by atoms with Crippen molar-refractivity contribution in [3.05, 3.63) is 239 Å². The van der Waals surface area contributed by atoms with Crippen molar-refractivity contribution in [3.8, 4) is 0 Å². The Bertz CT molecular complexity index is 4670. The predicted octanol–water partition coefficient (Wildman–Crippen LogP) is 11.0. The first kappa shape index (κ1) is 91.6. The molecule has 7 aromatic rings. The maximum absolute atomic E-state index is 16.6. The predicted molar refractivity (Wildman–Crippen MR) is 463 cm³/mol. The van der Waals surface area contributed by atoms with E-state index in [1.165, 1.54) is 4.90 Å². The molecule has 8 amide bonds. The van der Waals surface area contributed by atoms with Crippen LogP contribution in [-0.4, -0.2) is 210 Å². The number of hydrogen-bond acceptors (Lipinski definition) is 17. The summed E-state index contributed by atoms with van der Waals surface area (Å²) in [4.78, 5) is 192. The molecule has 0 radical (unpaired) electrons. The van der Waals surface area contributed by atoms with Crippen LogP contribution in [0.2, 0.25) is 0 Å². The smallest absolute Gasteiger partial charge is 0.318 e. The van der Waals surface area contributed by atoms with Gasteiger partial charge in [-0.25, -0.2) is 0 Å². The Morgan fingerprint density at radius 1 is 0.397 bits per heavy atom.